The molecule has 1 heterocycles. The van der Waals surface area contributed by atoms with Crippen molar-refractivity contribution in [2.45, 2.75) is 26.4 Å². The van der Waals surface area contributed by atoms with E-state index in [0.717, 1.165) is 15.7 Å². The van der Waals surface area contributed by atoms with Gasteiger partial charge in [-0.05, 0) is 38.1 Å². The summed E-state index contributed by atoms with van der Waals surface area (Å²) < 4.78 is 6.27. The fourth-order valence-electron chi connectivity index (χ4n) is 3.01. The highest BCUT2D eigenvalue weighted by Crippen LogP contribution is 2.27. The maximum absolute atomic E-state index is 12.5. The van der Waals surface area contributed by atoms with E-state index in [1.54, 1.807) is 24.0 Å². The van der Waals surface area contributed by atoms with Crippen molar-refractivity contribution in [3.8, 4) is 0 Å². The van der Waals surface area contributed by atoms with Gasteiger partial charge in [0.25, 0.3) is 0 Å². The quantitative estimate of drug-likeness (QED) is 0.533. The van der Waals surface area contributed by atoms with E-state index in [2.05, 4.69) is 15.9 Å². The summed E-state index contributed by atoms with van der Waals surface area (Å²) in [5.74, 6) is -1.47. The zero-order valence-electron chi connectivity index (χ0n) is 15.1. The van der Waals surface area contributed by atoms with Gasteiger partial charge in [-0.1, -0.05) is 45.8 Å². The Hall–Kier alpha value is -2.47. The highest BCUT2D eigenvalue weighted by Gasteiger charge is 2.37. The number of hydrogen-bond donors (Lipinski definition) is 0. The summed E-state index contributed by atoms with van der Waals surface area (Å²) >= 11 is 3.36. The predicted octanol–water partition coefficient (Wildman–Crippen LogP) is 3.93. The van der Waals surface area contributed by atoms with Crippen molar-refractivity contribution in [1.29, 1.82) is 0 Å². The van der Waals surface area contributed by atoms with Crippen LogP contribution in [0.2, 0.25) is 0 Å². The van der Waals surface area contributed by atoms with Crippen molar-refractivity contribution in [2.75, 3.05) is 11.4 Å². The molecule has 1 aliphatic rings. The van der Waals surface area contributed by atoms with Gasteiger partial charge in [-0.25, -0.2) is 0 Å². The van der Waals surface area contributed by atoms with Crippen LogP contribution in [0.15, 0.2) is 53.0 Å². The number of benzene rings is 2. The monoisotopic (exact) mass is 429 g/mol. The van der Waals surface area contributed by atoms with Crippen LogP contribution in [0.1, 0.15) is 29.3 Å². The molecule has 2 atom stereocenters. The normalized spacial score (nSPS) is 17.7. The Morgan fingerprint density at radius 2 is 1.74 bits per heavy atom. The smallest absolute Gasteiger partial charge is 0.312 e. The van der Waals surface area contributed by atoms with E-state index in [0.29, 0.717) is 5.56 Å². The Morgan fingerprint density at radius 3 is 2.37 bits per heavy atom. The van der Waals surface area contributed by atoms with Gasteiger partial charge in [-0.3, -0.25) is 14.4 Å². The van der Waals surface area contributed by atoms with Crippen molar-refractivity contribution in [1.82, 2.24) is 0 Å². The summed E-state index contributed by atoms with van der Waals surface area (Å²) in [7, 11) is 0. The van der Waals surface area contributed by atoms with E-state index < -0.39 is 18.0 Å². The zero-order valence-corrected chi connectivity index (χ0v) is 16.7. The van der Waals surface area contributed by atoms with Crippen LogP contribution in [0, 0.1) is 12.8 Å². The number of anilines is 1. The number of esters is 1. The van der Waals surface area contributed by atoms with Crippen molar-refractivity contribution in [2.24, 2.45) is 5.92 Å². The van der Waals surface area contributed by atoms with Gasteiger partial charge in [-0.15, -0.1) is 0 Å². The van der Waals surface area contributed by atoms with Crippen LogP contribution < -0.4 is 4.90 Å². The predicted molar refractivity (Wildman–Crippen MR) is 106 cm³/mol. The molecule has 0 unspecified atom stereocenters. The Bertz CT molecular complexity index is 861. The minimum Gasteiger partial charge on any atom is -0.454 e. The number of ketones is 1. The molecule has 0 aliphatic carbocycles. The maximum Gasteiger partial charge on any atom is 0.312 e. The summed E-state index contributed by atoms with van der Waals surface area (Å²) in [6, 6.07) is 14.4. The lowest BCUT2D eigenvalue weighted by molar-refractivity contribution is -0.151. The number of amides is 1. The largest absolute Gasteiger partial charge is 0.454 e. The summed E-state index contributed by atoms with van der Waals surface area (Å²) in [4.78, 5) is 38.8. The van der Waals surface area contributed by atoms with Crippen molar-refractivity contribution >= 4 is 39.3 Å². The van der Waals surface area contributed by atoms with Crippen LogP contribution in [0.5, 0.6) is 0 Å². The van der Waals surface area contributed by atoms with E-state index in [-0.39, 0.29) is 24.7 Å². The standard InChI is InChI=1S/C21H20BrNO4/c1-13-3-5-15(6-4-13)20(25)14(2)27-21(26)16-11-19(24)23(12-16)18-9-7-17(22)8-10-18/h3-10,14,16H,11-12H2,1-2H3/t14-,16-/m1/s1. The summed E-state index contributed by atoms with van der Waals surface area (Å²) in [6.45, 7) is 3.75. The SMILES string of the molecule is Cc1ccc(C(=O)[C@@H](C)OC(=O)[C@@H]2CC(=O)N(c3ccc(Br)cc3)C2)cc1. The molecule has 1 fully saturated rings. The van der Waals surface area contributed by atoms with E-state index >= 15 is 0 Å². The number of halogens is 1. The van der Waals surface area contributed by atoms with Crippen molar-refractivity contribution in [3.05, 3.63) is 64.1 Å². The Labute approximate surface area is 166 Å². The molecule has 0 N–H and O–H groups in total. The second-order valence-electron chi connectivity index (χ2n) is 6.69. The molecule has 1 aliphatic heterocycles. The third-order valence-electron chi connectivity index (χ3n) is 4.59. The first-order chi connectivity index (χ1) is 12.8. The highest BCUT2D eigenvalue weighted by atomic mass is 79.9. The molecule has 1 saturated heterocycles. The van der Waals surface area contributed by atoms with Gasteiger partial charge in [0, 0.05) is 28.7 Å². The van der Waals surface area contributed by atoms with Crippen LogP contribution in [-0.4, -0.2) is 30.3 Å². The molecule has 6 heteroatoms. The molecule has 2 aromatic rings. The number of hydrogen-bond acceptors (Lipinski definition) is 4. The lowest BCUT2D eigenvalue weighted by atomic mass is 10.1. The topological polar surface area (TPSA) is 63.7 Å². The number of Topliss-reactive ketones (excluding diaryl/α,β-unsaturated/α-hetero) is 1. The minimum absolute atomic E-state index is 0.0837. The average Bonchev–Trinajstić information content (AvgIpc) is 3.04. The fraction of sp³-hybridized carbons (Fsp3) is 0.286. The maximum atomic E-state index is 12.5. The molecule has 27 heavy (non-hydrogen) atoms. The van der Waals surface area contributed by atoms with E-state index in [1.165, 1.54) is 0 Å². The second kappa shape index (κ2) is 8.05. The minimum atomic E-state index is -0.892. The molecule has 140 valence electrons. The highest BCUT2D eigenvalue weighted by molar-refractivity contribution is 9.10. The Kier molecular flexibility index (Phi) is 5.75. The van der Waals surface area contributed by atoms with Gasteiger partial charge in [0.15, 0.2) is 6.10 Å². The van der Waals surface area contributed by atoms with Gasteiger partial charge in [0.05, 0.1) is 5.92 Å². The number of nitrogens with zero attached hydrogens (tertiary/aromatic N) is 1. The first-order valence-electron chi connectivity index (χ1n) is 8.72. The van der Waals surface area contributed by atoms with Crippen LogP contribution in [0.25, 0.3) is 0 Å². The fourth-order valence-corrected chi connectivity index (χ4v) is 3.28. The molecule has 1 amide bonds. The molecule has 0 radical (unpaired) electrons. The first-order valence-corrected chi connectivity index (χ1v) is 9.52. The van der Waals surface area contributed by atoms with Crippen LogP contribution in [0.4, 0.5) is 5.69 Å². The third-order valence-corrected chi connectivity index (χ3v) is 5.12. The van der Waals surface area contributed by atoms with Crippen molar-refractivity contribution in [3.63, 3.8) is 0 Å². The van der Waals surface area contributed by atoms with Crippen molar-refractivity contribution < 1.29 is 19.1 Å². The lowest BCUT2D eigenvalue weighted by Gasteiger charge is -2.18. The Morgan fingerprint density at radius 1 is 1.11 bits per heavy atom. The summed E-state index contributed by atoms with van der Waals surface area (Å²) in [5, 5.41) is 0. The molecule has 0 spiro atoms. The second-order valence-corrected chi connectivity index (χ2v) is 7.61. The van der Waals surface area contributed by atoms with E-state index in [1.807, 2.05) is 43.3 Å². The van der Waals surface area contributed by atoms with E-state index in [4.69, 9.17) is 4.74 Å². The Balaban J connectivity index is 1.62. The molecule has 0 saturated carbocycles. The molecule has 0 bridgehead atoms. The first kappa shape index (κ1) is 19.3. The molecular weight excluding hydrogens is 410 g/mol. The summed E-state index contributed by atoms with van der Waals surface area (Å²) in [5.41, 5.74) is 2.29. The van der Waals surface area contributed by atoms with Gasteiger partial charge in [-0.2, -0.15) is 0 Å². The molecule has 2 aromatic carbocycles. The molecule has 5 nitrogen and oxygen atoms in total. The zero-order chi connectivity index (χ0) is 19.6. The number of carbonyl (C=O) groups excluding carboxylic acids is 3. The van der Waals surface area contributed by atoms with Gasteiger partial charge >= 0.3 is 5.97 Å². The number of rotatable bonds is 5. The van der Waals surface area contributed by atoms with Crippen LogP contribution in [0.3, 0.4) is 0 Å². The average molecular weight is 430 g/mol. The van der Waals surface area contributed by atoms with Crippen LogP contribution >= 0.6 is 15.9 Å². The molecule has 0 aromatic heterocycles. The van der Waals surface area contributed by atoms with Gasteiger partial charge < -0.3 is 9.64 Å². The number of carbonyl (C=O) groups is 3. The van der Waals surface area contributed by atoms with E-state index in [9.17, 15) is 14.4 Å². The molecular formula is C21H20BrNO4. The third kappa shape index (κ3) is 4.45. The van der Waals surface area contributed by atoms with Crippen LogP contribution in [-0.2, 0) is 14.3 Å². The summed E-state index contributed by atoms with van der Waals surface area (Å²) in [6.07, 6.45) is -0.808. The number of ether oxygens (including phenoxy) is 1. The lowest BCUT2D eigenvalue weighted by Crippen LogP contribution is -2.30. The van der Waals surface area contributed by atoms with Gasteiger partial charge in [0.1, 0.15) is 0 Å². The number of aryl methyl sites for hydroxylation is 1. The van der Waals surface area contributed by atoms with Gasteiger partial charge in [0.2, 0.25) is 11.7 Å². The molecule has 3 rings (SSSR count).